The third-order valence-electron chi connectivity index (χ3n) is 4.44. The normalized spacial score (nSPS) is 11.6. The average molecular weight is 341 g/mol. The minimum atomic E-state index is -0.598. The summed E-state index contributed by atoms with van der Waals surface area (Å²) in [4.78, 5) is 15.9. The van der Waals surface area contributed by atoms with Gasteiger partial charge in [0, 0.05) is 28.7 Å². The summed E-state index contributed by atoms with van der Waals surface area (Å²) in [6.07, 6.45) is 2.72. The highest BCUT2D eigenvalue weighted by molar-refractivity contribution is 6.30. The third-order valence-corrected chi connectivity index (χ3v) is 4.69. The molecule has 3 aromatic rings. The van der Waals surface area contributed by atoms with E-state index in [0.29, 0.717) is 6.54 Å². The van der Waals surface area contributed by atoms with Crippen molar-refractivity contribution in [3.8, 4) is 0 Å². The van der Waals surface area contributed by atoms with Gasteiger partial charge in [-0.15, -0.1) is 0 Å². The number of hydrogen-bond donors (Lipinski definition) is 2. The molecule has 124 valence electrons. The van der Waals surface area contributed by atoms with Crippen molar-refractivity contribution in [2.45, 2.75) is 25.7 Å². The van der Waals surface area contributed by atoms with Gasteiger partial charge in [-0.1, -0.05) is 41.9 Å². The quantitative estimate of drug-likeness (QED) is 0.707. The van der Waals surface area contributed by atoms with Crippen LogP contribution in [-0.4, -0.2) is 17.4 Å². The molecule has 0 unspecified atom stereocenters. The third kappa shape index (κ3) is 3.31. The highest BCUT2D eigenvalue weighted by atomic mass is 35.5. The van der Waals surface area contributed by atoms with Crippen LogP contribution < -0.4 is 5.32 Å². The number of hydrogen-bond acceptors (Lipinski definition) is 1. The number of benzene rings is 2. The average Bonchev–Trinajstić information content (AvgIpc) is 3.01. The van der Waals surface area contributed by atoms with Crippen LogP contribution in [0.4, 0.5) is 0 Å². The Hall–Kier alpha value is -2.26. The van der Waals surface area contributed by atoms with E-state index in [9.17, 15) is 4.79 Å². The first-order valence-electron chi connectivity index (χ1n) is 8.08. The van der Waals surface area contributed by atoms with E-state index in [1.807, 2.05) is 68.6 Å². The first kappa shape index (κ1) is 16.6. The lowest BCUT2D eigenvalue weighted by molar-refractivity contribution is -0.125. The van der Waals surface area contributed by atoms with Crippen molar-refractivity contribution >= 4 is 28.4 Å². The lowest BCUT2D eigenvalue weighted by atomic mass is 9.83. The van der Waals surface area contributed by atoms with Gasteiger partial charge >= 0.3 is 0 Å². The van der Waals surface area contributed by atoms with Gasteiger partial charge in [-0.2, -0.15) is 0 Å². The van der Waals surface area contributed by atoms with Crippen LogP contribution in [-0.2, 0) is 16.6 Å². The Morgan fingerprint density at radius 2 is 1.83 bits per heavy atom. The molecule has 1 heterocycles. The van der Waals surface area contributed by atoms with Gasteiger partial charge in [-0.25, -0.2) is 0 Å². The smallest absolute Gasteiger partial charge is 0.230 e. The van der Waals surface area contributed by atoms with Crippen LogP contribution in [0.3, 0.4) is 0 Å². The summed E-state index contributed by atoms with van der Waals surface area (Å²) in [6, 6.07) is 15.8. The molecule has 0 saturated heterocycles. The number of carbonyl (C=O) groups excluding carboxylic acids is 1. The molecule has 3 nitrogen and oxygen atoms in total. The molecule has 0 fully saturated rings. The van der Waals surface area contributed by atoms with Gasteiger partial charge in [0.05, 0.1) is 5.41 Å². The lowest BCUT2D eigenvalue weighted by Gasteiger charge is -2.23. The summed E-state index contributed by atoms with van der Waals surface area (Å²) in [5.74, 6) is 0.0289. The summed E-state index contributed by atoms with van der Waals surface area (Å²) >= 11 is 5.89. The molecule has 24 heavy (non-hydrogen) atoms. The molecule has 0 aliphatic carbocycles. The standard InChI is InChI=1S/C20H21ClN2O/c1-20(2,17-13-23-18-6-4-3-5-16(17)18)19(24)22-12-11-14-7-9-15(21)10-8-14/h3-10,13,23H,11-12H2,1-2H3,(H,22,24). The van der Waals surface area contributed by atoms with E-state index in [-0.39, 0.29) is 5.91 Å². The molecule has 3 rings (SSSR count). The molecule has 1 amide bonds. The molecular weight excluding hydrogens is 320 g/mol. The minimum absolute atomic E-state index is 0.0289. The maximum absolute atomic E-state index is 12.7. The van der Waals surface area contributed by atoms with Crippen LogP contribution in [0, 0.1) is 0 Å². The fraction of sp³-hybridized carbons (Fsp3) is 0.250. The van der Waals surface area contributed by atoms with Crippen molar-refractivity contribution in [3.05, 3.63) is 70.9 Å². The van der Waals surface area contributed by atoms with Crippen molar-refractivity contribution in [2.75, 3.05) is 6.54 Å². The number of amides is 1. The highest BCUT2D eigenvalue weighted by Gasteiger charge is 2.31. The molecular formula is C20H21ClN2O. The monoisotopic (exact) mass is 340 g/mol. The Balaban J connectivity index is 1.68. The van der Waals surface area contributed by atoms with Crippen molar-refractivity contribution in [3.63, 3.8) is 0 Å². The summed E-state index contributed by atoms with van der Waals surface area (Å²) in [6.45, 7) is 4.52. The van der Waals surface area contributed by atoms with Crippen molar-refractivity contribution in [2.24, 2.45) is 0 Å². The summed E-state index contributed by atoms with van der Waals surface area (Å²) < 4.78 is 0. The zero-order chi connectivity index (χ0) is 17.2. The largest absolute Gasteiger partial charge is 0.361 e. The Labute approximate surface area is 147 Å². The van der Waals surface area contributed by atoms with E-state index in [0.717, 1.165) is 33.5 Å². The van der Waals surface area contributed by atoms with Crippen LogP contribution in [0.5, 0.6) is 0 Å². The number of nitrogens with one attached hydrogen (secondary N) is 2. The Kier molecular flexibility index (Phi) is 4.63. The molecule has 4 heteroatoms. The Bertz CT molecular complexity index is 849. The first-order chi connectivity index (χ1) is 11.5. The van der Waals surface area contributed by atoms with Crippen LogP contribution >= 0.6 is 11.6 Å². The first-order valence-corrected chi connectivity index (χ1v) is 8.45. The molecule has 1 aromatic heterocycles. The highest BCUT2D eigenvalue weighted by Crippen LogP contribution is 2.30. The Morgan fingerprint density at radius 3 is 2.58 bits per heavy atom. The number of halogens is 1. The second kappa shape index (κ2) is 6.70. The van der Waals surface area contributed by atoms with E-state index in [2.05, 4.69) is 10.3 Å². The maximum Gasteiger partial charge on any atom is 0.230 e. The van der Waals surface area contributed by atoms with Crippen LogP contribution in [0.25, 0.3) is 10.9 Å². The maximum atomic E-state index is 12.7. The van der Waals surface area contributed by atoms with Gasteiger partial charge < -0.3 is 10.3 Å². The molecule has 0 spiro atoms. The summed E-state index contributed by atoms with van der Waals surface area (Å²) in [5.41, 5.74) is 2.63. The van der Waals surface area contributed by atoms with Crippen LogP contribution in [0.2, 0.25) is 5.02 Å². The number of aromatic amines is 1. The molecule has 0 saturated carbocycles. The van der Waals surface area contributed by atoms with E-state index >= 15 is 0 Å². The van der Waals surface area contributed by atoms with Gasteiger partial charge in [0.25, 0.3) is 0 Å². The molecule has 0 aliphatic heterocycles. The van der Waals surface area contributed by atoms with Gasteiger partial charge in [0.15, 0.2) is 0 Å². The van der Waals surface area contributed by atoms with E-state index in [4.69, 9.17) is 11.6 Å². The number of H-pyrrole nitrogens is 1. The summed E-state index contributed by atoms with van der Waals surface area (Å²) in [5, 5.41) is 4.87. The number of rotatable bonds is 5. The van der Waals surface area contributed by atoms with Gasteiger partial charge in [-0.3, -0.25) is 4.79 Å². The van der Waals surface area contributed by atoms with Crippen molar-refractivity contribution < 1.29 is 4.79 Å². The topological polar surface area (TPSA) is 44.9 Å². The second-order valence-corrected chi connectivity index (χ2v) is 6.94. The molecule has 2 aromatic carbocycles. The van der Waals surface area contributed by atoms with Gasteiger partial charge in [0.2, 0.25) is 5.91 Å². The fourth-order valence-corrected chi connectivity index (χ4v) is 3.03. The molecule has 0 bridgehead atoms. The second-order valence-electron chi connectivity index (χ2n) is 6.51. The fourth-order valence-electron chi connectivity index (χ4n) is 2.90. The minimum Gasteiger partial charge on any atom is -0.361 e. The van der Waals surface area contributed by atoms with Crippen LogP contribution in [0.1, 0.15) is 25.0 Å². The van der Waals surface area contributed by atoms with Gasteiger partial charge in [-0.05, 0) is 49.6 Å². The molecule has 2 N–H and O–H groups in total. The van der Waals surface area contributed by atoms with E-state index in [1.165, 1.54) is 0 Å². The molecule has 0 radical (unpaired) electrons. The number of carbonyl (C=O) groups is 1. The molecule has 0 atom stereocenters. The van der Waals surface area contributed by atoms with Crippen molar-refractivity contribution in [1.29, 1.82) is 0 Å². The molecule has 0 aliphatic rings. The lowest BCUT2D eigenvalue weighted by Crippen LogP contribution is -2.40. The van der Waals surface area contributed by atoms with Crippen LogP contribution in [0.15, 0.2) is 54.7 Å². The zero-order valence-electron chi connectivity index (χ0n) is 13.9. The number of para-hydroxylation sites is 1. The summed E-state index contributed by atoms with van der Waals surface area (Å²) in [7, 11) is 0. The van der Waals surface area contributed by atoms with Crippen molar-refractivity contribution in [1.82, 2.24) is 10.3 Å². The van der Waals surface area contributed by atoms with Gasteiger partial charge in [0.1, 0.15) is 0 Å². The predicted molar refractivity (Wildman–Crippen MR) is 99.5 cm³/mol. The predicted octanol–water partition coefficient (Wildman–Crippen LogP) is 4.46. The SMILES string of the molecule is CC(C)(C(=O)NCCc1ccc(Cl)cc1)c1c[nH]c2ccccc12. The zero-order valence-corrected chi connectivity index (χ0v) is 14.7. The van der Waals surface area contributed by atoms with E-state index in [1.54, 1.807) is 0 Å². The van der Waals surface area contributed by atoms with E-state index < -0.39 is 5.41 Å². The number of fused-ring (bicyclic) bond motifs is 1. The number of aromatic nitrogens is 1. The Morgan fingerprint density at radius 1 is 1.12 bits per heavy atom.